The molecule has 3 nitrogen and oxygen atoms in total. The molecule has 2 atom stereocenters. The van der Waals surface area contributed by atoms with Crippen molar-refractivity contribution in [1.29, 1.82) is 0 Å². The van der Waals surface area contributed by atoms with E-state index in [9.17, 15) is 0 Å². The number of nitrogens with two attached hydrogens (primary N) is 1. The maximum Gasteiger partial charge on any atom is 0.123 e. The highest BCUT2D eigenvalue weighted by Crippen LogP contribution is 2.37. The average molecular weight is 407 g/mol. The van der Waals surface area contributed by atoms with Gasteiger partial charge in [-0.05, 0) is 74.2 Å². The van der Waals surface area contributed by atoms with E-state index in [1.54, 1.807) is 7.11 Å². The van der Waals surface area contributed by atoms with Crippen molar-refractivity contribution in [3.63, 3.8) is 0 Å². The van der Waals surface area contributed by atoms with Gasteiger partial charge in [-0.1, -0.05) is 30.3 Å². The first kappa shape index (κ1) is 20.1. The number of nitrogens with zero attached hydrogens (tertiary/aromatic N) is 1. The summed E-state index contributed by atoms with van der Waals surface area (Å²) in [6.07, 6.45) is 2.20. The van der Waals surface area contributed by atoms with E-state index in [2.05, 4.69) is 73.3 Å². The van der Waals surface area contributed by atoms with Crippen molar-refractivity contribution < 1.29 is 4.74 Å². The van der Waals surface area contributed by atoms with Crippen molar-refractivity contribution in [2.45, 2.75) is 45.3 Å². The molecule has 0 radical (unpaired) electrons. The Morgan fingerprint density at radius 1 is 1.10 bits per heavy atom. The monoisotopic (exact) mass is 406 g/mol. The molecule has 29 heavy (non-hydrogen) atoms. The Bertz CT molecular complexity index is 966. The fourth-order valence-electron chi connectivity index (χ4n) is 4.57. The highest BCUT2D eigenvalue weighted by molar-refractivity contribution is 7.15. The highest BCUT2D eigenvalue weighted by atomic mass is 32.1. The molecule has 152 valence electrons. The van der Waals surface area contributed by atoms with Crippen LogP contribution in [0, 0.1) is 13.8 Å². The maximum atomic E-state index is 6.60. The lowest BCUT2D eigenvalue weighted by atomic mass is 9.90. The molecule has 3 aromatic rings. The van der Waals surface area contributed by atoms with Gasteiger partial charge in [0.2, 0.25) is 0 Å². The highest BCUT2D eigenvalue weighted by Gasteiger charge is 2.30. The molecule has 4 rings (SSSR count). The summed E-state index contributed by atoms with van der Waals surface area (Å²) < 4.78 is 5.73. The van der Waals surface area contributed by atoms with Gasteiger partial charge in [0.25, 0.3) is 0 Å². The van der Waals surface area contributed by atoms with Crippen LogP contribution in [-0.2, 0) is 6.54 Å². The first-order chi connectivity index (χ1) is 14.1. The normalized spacial score (nSPS) is 20.0. The van der Waals surface area contributed by atoms with Crippen LogP contribution in [0.5, 0.6) is 5.75 Å². The summed E-state index contributed by atoms with van der Waals surface area (Å²) in [6.45, 7) is 6.26. The van der Waals surface area contributed by atoms with E-state index in [-0.39, 0.29) is 12.1 Å². The molecular weight excluding hydrogens is 376 g/mol. The third-order valence-electron chi connectivity index (χ3n) is 5.88. The first-order valence-electron chi connectivity index (χ1n) is 10.4. The van der Waals surface area contributed by atoms with Gasteiger partial charge in [-0.25, -0.2) is 0 Å². The summed E-state index contributed by atoms with van der Waals surface area (Å²) in [6, 6.07) is 19.9. The molecular formula is C25H30N2OS. The van der Waals surface area contributed by atoms with E-state index < -0.39 is 0 Å². The molecule has 0 unspecified atom stereocenters. The summed E-state index contributed by atoms with van der Waals surface area (Å²) >= 11 is 1.86. The fraction of sp³-hybridized carbons (Fsp3) is 0.360. The molecule has 2 aromatic carbocycles. The maximum absolute atomic E-state index is 6.60. The van der Waals surface area contributed by atoms with Crippen molar-refractivity contribution in [3.8, 4) is 16.2 Å². The fourth-order valence-corrected chi connectivity index (χ4v) is 5.60. The zero-order chi connectivity index (χ0) is 20.4. The topological polar surface area (TPSA) is 38.5 Å². The van der Waals surface area contributed by atoms with Gasteiger partial charge >= 0.3 is 0 Å². The number of likely N-dealkylation sites (tertiary alicyclic amines) is 1. The predicted octanol–water partition coefficient (Wildman–Crippen LogP) is 5.70. The molecule has 0 saturated carbocycles. The number of piperidine rings is 1. The van der Waals surface area contributed by atoms with Crippen LogP contribution >= 0.6 is 11.3 Å². The Morgan fingerprint density at radius 2 is 1.90 bits per heavy atom. The van der Waals surface area contributed by atoms with Crippen LogP contribution in [0.25, 0.3) is 10.4 Å². The molecule has 1 fully saturated rings. The average Bonchev–Trinajstić information content (AvgIpc) is 3.07. The number of hydrogen-bond acceptors (Lipinski definition) is 4. The summed E-state index contributed by atoms with van der Waals surface area (Å²) in [5.41, 5.74) is 11.7. The van der Waals surface area contributed by atoms with Gasteiger partial charge in [-0.3, -0.25) is 4.90 Å². The molecule has 1 aromatic heterocycles. The summed E-state index contributed by atoms with van der Waals surface area (Å²) in [5, 5.41) is 0. The molecule has 1 aliphatic rings. The van der Waals surface area contributed by atoms with Gasteiger partial charge in [0.15, 0.2) is 0 Å². The van der Waals surface area contributed by atoms with Crippen LogP contribution in [0.1, 0.15) is 40.5 Å². The second-order valence-electron chi connectivity index (χ2n) is 8.03. The molecule has 2 heterocycles. The zero-order valence-corrected chi connectivity index (χ0v) is 18.3. The predicted molar refractivity (Wildman–Crippen MR) is 123 cm³/mol. The molecule has 1 saturated heterocycles. The Kier molecular flexibility index (Phi) is 6.04. The van der Waals surface area contributed by atoms with Gasteiger partial charge in [0, 0.05) is 27.9 Å². The van der Waals surface area contributed by atoms with E-state index in [4.69, 9.17) is 10.5 Å². The largest absolute Gasteiger partial charge is 0.496 e. The lowest BCUT2D eigenvalue weighted by molar-refractivity contribution is 0.119. The van der Waals surface area contributed by atoms with Crippen molar-refractivity contribution >= 4 is 11.3 Å². The van der Waals surface area contributed by atoms with Crippen LogP contribution in [0.15, 0.2) is 54.6 Å². The smallest absolute Gasteiger partial charge is 0.123 e. The number of aryl methyl sites for hydroxylation is 2. The summed E-state index contributed by atoms with van der Waals surface area (Å²) in [5.74, 6) is 0.950. The lowest BCUT2D eigenvalue weighted by Gasteiger charge is -2.40. The van der Waals surface area contributed by atoms with Gasteiger partial charge in [0.1, 0.15) is 5.75 Å². The Hall–Kier alpha value is -2.14. The van der Waals surface area contributed by atoms with Gasteiger partial charge in [0.05, 0.1) is 13.2 Å². The molecule has 2 N–H and O–H groups in total. The molecule has 0 amide bonds. The van der Waals surface area contributed by atoms with Crippen molar-refractivity contribution in [1.82, 2.24) is 4.90 Å². The first-order valence-corrected chi connectivity index (χ1v) is 11.2. The SMILES string of the molecule is COc1ccc(-c2sc(C)cc2C)cc1CN1CCC[C@H](N)[C@@H]1c1ccccc1. The van der Waals surface area contributed by atoms with E-state index in [0.717, 1.165) is 31.7 Å². The molecule has 0 spiro atoms. The number of thiophene rings is 1. The van der Waals surface area contributed by atoms with E-state index in [1.165, 1.54) is 32.0 Å². The van der Waals surface area contributed by atoms with Gasteiger partial charge < -0.3 is 10.5 Å². The zero-order valence-electron chi connectivity index (χ0n) is 17.5. The summed E-state index contributed by atoms with van der Waals surface area (Å²) in [7, 11) is 1.76. The van der Waals surface area contributed by atoms with Crippen LogP contribution in [0.3, 0.4) is 0 Å². The minimum atomic E-state index is 0.155. The van der Waals surface area contributed by atoms with Gasteiger partial charge in [-0.2, -0.15) is 0 Å². The number of ether oxygens (including phenoxy) is 1. The van der Waals surface area contributed by atoms with Gasteiger partial charge in [-0.15, -0.1) is 11.3 Å². The minimum absolute atomic E-state index is 0.155. The molecule has 1 aliphatic heterocycles. The van der Waals surface area contributed by atoms with E-state index in [1.807, 2.05) is 11.3 Å². The van der Waals surface area contributed by atoms with Crippen LogP contribution in [-0.4, -0.2) is 24.6 Å². The second-order valence-corrected chi connectivity index (χ2v) is 9.28. The Labute approximate surface area is 178 Å². The van der Waals surface area contributed by atoms with Crippen LogP contribution in [0.2, 0.25) is 0 Å². The molecule has 0 aliphatic carbocycles. The number of benzene rings is 2. The quantitative estimate of drug-likeness (QED) is 0.590. The molecule has 4 heteroatoms. The number of hydrogen-bond donors (Lipinski definition) is 1. The minimum Gasteiger partial charge on any atom is -0.496 e. The van der Waals surface area contributed by atoms with Crippen LogP contribution < -0.4 is 10.5 Å². The summed E-state index contributed by atoms with van der Waals surface area (Å²) in [4.78, 5) is 5.22. The van der Waals surface area contributed by atoms with Crippen molar-refractivity contribution in [3.05, 3.63) is 76.2 Å². The molecule has 0 bridgehead atoms. The lowest BCUT2D eigenvalue weighted by Crippen LogP contribution is -2.45. The Morgan fingerprint density at radius 3 is 2.59 bits per heavy atom. The van der Waals surface area contributed by atoms with Crippen molar-refractivity contribution in [2.75, 3.05) is 13.7 Å². The van der Waals surface area contributed by atoms with E-state index >= 15 is 0 Å². The number of rotatable bonds is 5. The Balaban J connectivity index is 1.68. The van der Waals surface area contributed by atoms with Crippen molar-refractivity contribution in [2.24, 2.45) is 5.73 Å². The third kappa shape index (κ3) is 4.25. The standard InChI is InChI=1S/C25H30N2OS/c1-17-14-18(2)29-25(17)20-11-12-23(28-3)21(15-20)16-27-13-7-10-22(26)24(27)19-8-5-4-6-9-19/h4-6,8-9,11-12,14-15,22,24H,7,10,13,16,26H2,1-3H3/t22-,24-/m0/s1. The number of methoxy groups -OCH3 is 1. The second kappa shape index (κ2) is 8.70. The van der Waals surface area contributed by atoms with E-state index in [0.29, 0.717) is 0 Å². The third-order valence-corrected chi connectivity index (χ3v) is 7.08. The van der Waals surface area contributed by atoms with Crippen LogP contribution in [0.4, 0.5) is 0 Å².